The van der Waals surface area contributed by atoms with Crippen LogP contribution in [0.5, 0.6) is 0 Å². The van der Waals surface area contributed by atoms with Gasteiger partial charge in [0.05, 0.1) is 11.3 Å². The van der Waals surface area contributed by atoms with Crippen LogP contribution < -0.4 is 10.6 Å². The van der Waals surface area contributed by atoms with Crippen LogP contribution in [-0.4, -0.2) is 34.4 Å². The number of aryl methyl sites for hydroxylation is 2. The number of nitrogens with two attached hydrogens (primary N) is 1. The van der Waals surface area contributed by atoms with E-state index in [0.717, 1.165) is 30.9 Å². The van der Waals surface area contributed by atoms with Crippen molar-refractivity contribution in [2.24, 2.45) is 17.9 Å². The maximum atomic E-state index is 8.81. The lowest BCUT2D eigenvalue weighted by atomic mass is 10.2. The first-order valence-corrected chi connectivity index (χ1v) is 5.75. The number of hydrogen-bond donors (Lipinski definition) is 2. The molecule has 96 valence electrons. The molecule has 0 bridgehead atoms. The largest absolute Gasteiger partial charge is 0.409 e. The average Bonchev–Trinajstić information content (AvgIpc) is 2.60. The Labute approximate surface area is 102 Å². The Morgan fingerprint density at radius 2 is 2.24 bits per heavy atom. The van der Waals surface area contributed by atoms with Crippen molar-refractivity contribution in [3.8, 4) is 0 Å². The Balaban J connectivity index is 3.13. The summed E-state index contributed by atoms with van der Waals surface area (Å²) in [5, 5.41) is 16.2. The van der Waals surface area contributed by atoms with Gasteiger partial charge in [-0.3, -0.25) is 4.68 Å². The summed E-state index contributed by atoms with van der Waals surface area (Å²) in [5.74, 6) is 0.986. The van der Waals surface area contributed by atoms with Crippen molar-refractivity contribution in [1.82, 2.24) is 9.78 Å². The topological polar surface area (TPSA) is 79.7 Å². The molecule has 0 amide bonds. The van der Waals surface area contributed by atoms with Gasteiger partial charge in [-0.05, 0) is 13.3 Å². The van der Waals surface area contributed by atoms with Crippen LogP contribution in [-0.2, 0) is 7.05 Å². The molecule has 0 fully saturated rings. The molecule has 0 aliphatic rings. The highest BCUT2D eigenvalue weighted by Gasteiger charge is 2.19. The van der Waals surface area contributed by atoms with Gasteiger partial charge in [-0.2, -0.15) is 5.10 Å². The molecule has 0 saturated heterocycles. The second-order valence-electron chi connectivity index (χ2n) is 4.17. The van der Waals surface area contributed by atoms with Crippen molar-refractivity contribution in [2.75, 3.05) is 18.5 Å². The Morgan fingerprint density at radius 3 is 2.76 bits per heavy atom. The lowest BCUT2D eigenvalue weighted by molar-refractivity contribution is 0.318. The van der Waals surface area contributed by atoms with Crippen LogP contribution >= 0.6 is 0 Å². The van der Waals surface area contributed by atoms with Crippen LogP contribution in [0.1, 0.15) is 31.0 Å². The molecule has 0 radical (unpaired) electrons. The fourth-order valence-corrected chi connectivity index (χ4v) is 1.93. The molecule has 1 rings (SSSR count). The quantitative estimate of drug-likeness (QED) is 0.348. The van der Waals surface area contributed by atoms with E-state index in [-0.39, 0.29) is 5.84 Å². The first-order valence-electron chi connectivity index (χ1n) is 5.75. The molecular formula is C11H21N5O. The third-order valence-electron chi connectivity index (χ3n) is 2.76. The Kier molecular flexibility index (Phi) is 4.37. The molecule has 0 aromatic carbocycles. The van der Waals surface area contributed by atoms with Gasteiger partial charge in [0.25, 0.3) is 0 Å². The summed E-state index contributed by atoms with van der Waals surface area (Å²) < 4.78 is 1.76. The SMILES string of the molecule is CCCCN(C)c1c(C(N)=NO)c(C)nn1C. The normalized spacial score (nSPS) is 11.9. The van der Waals surface area contributed by atoms with Gasteiger partial charge < -0.3 is 15.8 Å². The van der Waals surface area contributed by atoms with E-state index in [4.69, 9.17) is 10.9 Å². The third-order valence-corrected chi connectivity index (χ3v) is 2.76. The minimum Gasteiger partial charge on any atom is -0.409 e. The van der Waals surface area contributed by atoms with Gasteiger partial charge in [0.1, 0.15) is 5.82 Å². The molecule has 17 heavy (non-hydrogen) atoms. The van der Waals surface area contributed by atoms with Crippen LogP contribution in [0.2, 0.25) is 0 Å². The second-order valence-corrected chi connectivity index (χ2v) is 4.17. The van der Waals surface area contributed by atoms with Gasteiger partial charge >= 0.3 is 0 Å². The van der Waals surface area contributed by atoms with Crippen molar-refractivity contribution in [3.05, 3.63) is 11.3 Å². The molecule has 0 aliphatic carbocycles. The maximum Gasteiger partial charge on any atom is 0.175 e. The Morgan fingerprint density at radius 1 is 1.59 bits per heavy atom. The van der Waals surface area contributed by atoms with E-state index in [1.807, 2.05) is 21.0 Å². The Bertz CT molecular complexity index is 410. The number of nitrogens with zero attached hydrogens (tertiary/aromatic N) is 4. The van der Waals surface area contributed by atoms with Crippen molar-refractivity contribution in [2.45, 2.75) is 26.7 Å². The summed E-state index contributed by atoms with van der Waals surface area (Å²) in [6.07, 6.45) is 2.22. The molecule has 0 saturated carbocycles. The van der Waals surface area contributed by atoms with Crippen LogP contribution in [0.25, 0.3) is 0 Å². The van der Waals surface area contributed by atoms with E-state index < -0.39 is 0 Å². The molecule has 6 heteroatoms. The Hall–Kier alpha value is -1.72. The number of aromatic nitrogens is 2. The minimum absolute atomic E-state index is 0.106. The van der Waals surface area contributed by atoms with Crippen LogP contribution in [0, 0.1) is 6.92 Å². The van der Waals surface area contributed by atoms with E-state index in [9.17, 15) is 0 Å². The zero-order valence-corrected chi connectivity index (χ0v) is 10.9. The molecule has 0 atom stereocenters. The second kappa shape index (κ2) is 5.56. The fourth-order valence-electron chi connectivity index (χ4n) is 1.93. The zero-order chi connectivity index (χ0) is 13.0. The fraction of sp³-hybridized carbons (Fsp3) is 0.636. The standard InChI is InChI=1S/C11H21N5O/c1-5-6-7-15(3)11-9(10(12)14-17)8(2)13-16(11)4/h17H,5-7H2,1-4H3,(H2,12,14). The molecule has 0 unspecified atom stereocenters. The van der Waals surface area contributed by atoms with Gasteiger partial charge in [-0.25, -0.2) is 0 Å². The highest BCUT2D eigenvalue weighted by molar-refractivity contribution is 6.02. The smallest absolute Gasteiger partial charge is 0.175 e. The number of hydrogen-bond acceptors (Lipinski definition) is 4. The first kappa shape index (κ1) is 13.3. The summed E-state index contributed by atoms with van der Waals surface area (Å²) >= 11 is 0. The van der Waals surface area contributed by atoms with Crippen molar-refractivity contribution in [1.29, 1.82) is 0 Å². The van der Waals surface area contributed by atoms with Crippen LogP contribution in [0.3, 0.4) is 0 Å². The van der Waals surface area contributed by atoms with Gasteiger partial charge in [-0.1, -0.05) is 18.5 Å². The molecule has 1 aromatic heterocycles. The van der Waals surface area contributed by atoms with Crippen LogP contribution in [0.4, 0.5) is 5.82 Å². The molecule has 1 heterocycles. The van der Waals surface area contributed by atoms with Crippen molar-refractivity contribution < 1.29 is 5.21 Å². The zero-order valence-electron chi connectivity index (χ0n) is 10.9. The van der Waals surface area contributed by atoms with Crippen molar-refractivity contribution >= 4 is 11.7 Å². The summed E-state index contributed by atoms with van der Waals surface area (Å²) in [6.45, 7) is 4.92. The summed E-state index contributed by atoms with van der Waals surface area (Å²) in [4.78, 5) is 2.08. The average molecular weight is 239 g/mol. The van der Waals surface area contributed by atoms with E-state index in [2.05, 4.69) is 22.1 Å². The molecule has 1 aromatic rings. The van der Waals surface area contributed by atoms with Gasteiger partial charge in [-0.15, -0.1) is 0 Å². The molecule has 3 N–H and O–H groups in total. The van der Waals surface area contributed by atoms with Gasteiger partial charge in [0.15, 0.2) is 5.84 Å². The number of oxime groups is 1. The monoisotopic (exact) mass is 239 g/mol. The lowest BCUT2D eigenvalue weighted by Gasteiger charge is -2.20. The third kappa shape index (κ3) is 2.69. The predicted octanol–water partition coefficient (Wildman–Crippen LogP) is 1.06. The van der Waals surface area contributed by atoms with Crippen LogP contribution in [0.15, 0.2) is 5.16 Å². The van der Waals surface area contributed by atoms with E-state index in [0.29, 0.717) is 5.56 Å². The van der Waals surface area contributed by atoms with E-state index in [1.165, 1.54) is 0 Å². The number of unbranched alkanes of at least 4 members (excludes halogenated alkanes) is 1. The summed E-state index contributed by atoms with van der Waals surface area (Å²) in [5.41, 5.74) is 7.16. The van der Waals surface area contributed by atoms with Crippen molar-refractivity contribution in [3.63, 3.8) is 0 Å². The lowest BCUT2D eigenvalue weighted by Crippen LogP contribution is -2.25. The molecule has 6 nitrogen and oxygen atoms in total. The predicted molar refractivity (Wildman–Crippen MR) is 68.6 cm³/mol. The molecular weight excluding hydrogens is 218 g/mol. The van der Waals surface area contributed by atoms with E-state index in [1.54, 1.807) is 4.68 Å². The number of anilines is 1. The highest BCUT2D eigenvalue weighted by atomic mass is 16.4. The number of rotatable bonds is 5. The maximum absolute atomic E-state index is 8.81. The number of amidine groups is 1. The summed E-state index contributed by atoms with van der Waals surface area (Å²) in [7, 11) is 3.85. The molecule has 0 aliphatic heterocycles. The molecule has 0 spiro atoms. The van der Waals surface area contributed by atoms with E-state index >= 15 is 0 Å². The first-order chi connectivity index (χ1) is 8.02. The van der Waals surface area contributed by atoms with Gasteiger partial charge in [0, 0.05) is 20.6 Å². The summed E-state index contributed by atoms with van der Waals surface area (Å²) in [6, 6.07) is 0. The van der Waals surface area contributed by atoms with Gasteiger partial charge in [0.2, 0.25) is 0 Å². The minimum atomic E-state index is 0.106. The highest BCUT2D eigenvalue weighted by Crippen LogP contribution is 2.22.